The molecule has 1 amide bonds. The van der Waals surface area contributed by atoms with E-state index < -0.39 is 0 Å². The number of fused-ring (bicyclic) bond motifs is 1. The summed E-state index contributed by atoms with van der Waals surface area (Å²) < 4.78 is 0. The third kappa shape index (κ3) is 4.10. The Morgan fingerprint density at radius 3 is 2.84 bits per heavy atom. The number of carbonyl (C=O) groups is 1. The summed E-state index contributed by atoms with van der Waals surface area (Å²) in [5.74, 6) is 1.24. The van der Waals surface area contributed by atoms with Crippen molar-refractivity contribution in [2.24, 2.45) is 22.6 Å². The average molecular weight is 342 g/mol. The average Bonchev–Trinajstić information content (AvgIpc) is 3.09. The first-order valence-corrected chi connectivity index (χ1v) is 8.75. The summed E-state index contributed by atoms with van der Waals surface area (Å²) in [5.41, 5.74) is 7.45. The molecule has 1 aliphatic carbocycles. The van der Waals surface area contributed by atoms with Crippen LogP contribution >= 0.6 is 0 Å². The number of rotatable bonds is 4. The largest absolute Gasteiger partial charge is 0.370 e. The van der Waals surface area contributed by atoms with Crippen LogP contribution in [0.15, 0.2) is 29.5 Å². The van der Waals surface area contributed by atoms with E-state index in [1.165, 1.54) is 0 Å². The molecular weight excluding hydrogens is 316 g/mol. The summed E-state index contributed by atoms with van der Waals surface area (Å²) >= 11 is 0. The third-order valence-corrected chi connectivity index (χ3v) is 4.91. The number of guanidine groups is 1. The van der Waals surface area contributed by atoms with E-state index >= 15 is 0 Å². The Balaban J connectivity index is 1.53. The van der Waals surface area contributed by atoms with Gasteiger partial charge in [-0.25, -0.2) is 4.98 Å². The molecule has 7 nitrogen and oxygen atoms in total. The number of H-pyrrole nitrogens is 1. The van der Waals surface area contributed by atoms with Gasteiger partial charge in [-0.2, -0.15) is 0 Å². The molecule has 2 heterocycles. The van der Waals surface area contributed by atoms with Crippen LogP contribution in [-0.2, 0) is 4.79 Å². The molecular formula is C18H26N6O. The second-order valence-corrected chi connectivity index (χ2v) is 6.90. The van der Waals surface area contributed by atoms with Crippen LogP contribution in [-0.4, -0.2) is 47.4 Å². The first kappa shape index (κ1) is 17.3. The number of aromatic nitrogens is 2. The quantitative estimate of drug-likeness (QED) is 0.586. The van der Waals surface area contributed by atoms with Crippen LogP contribution < -0.4 is 11.1 Å². The van der Waals surface area contributed by atoms with Gasteiger partial charge < -0.3 is 20.9 Å². The van der Waals surface area contributed by atoms with Crippen molar-refractivity contribution in [3.63, 3.8) is 0 Å². The van der Waals surface area contributed by atoms with Crippen molar-refractivity contribution < 1.29 is 4.79 Å². The molecule has 0 atom stereocenters. The Morgan fingerprint density at radius 1 is 1.36 bits per heavy atom. The molecule has 0 bridgehead atoms. The molecule has 7 heteroatoms. The molecule has 0 unspecified atom stereocenters. The molecule has 0 radical (unpaired) electrons. The van der Waals surface area contributed by atoms with Crippen molar-refractivity contribution in [3.05, 3.63) is 24.5 Å². The minimum Gasteiger partial charge on any atom is -0.370 e. The number of amides is 1. The normalized spacial score (nSPS) is 21.3. The molecule has 1 fully saturated rings. The SMILES string of the molecule is CN(C)C(N)=NCC1CCC(C(=O)Nc2ccnc3[nH]ccc23)CC1. The van der Waals surface area contributed by atoms with E-state index in [2.05, 4.69) is 20.3 Å². The highest BCUT2D eigenvalue weighted by Gasteiger charge is 2.26. The van der Waals surface area contributed by atoms with E-state index in [4.69, 9.17) is 5.73 Å². The van der Waals surface area contributed by atoms with Crippen molar-refractivity contribution in [2.45, 2.75) is 25.7 Å². The summed E-state index contributed by atoms with van der Waals surface area (Å²) in [6, 6.07) is 3.78. The topological polar surface area (TPSA) is 99.4 Å². The van der Waals surface area contributed by atoms with Crippen LogP contribution in [0.4, 0.5) is 5.69 Å². The maximum Gasteiger partial charge on any atom is 0.227 e. The summed E-state index contributed by atoms with van der Waals surface area (Å²) in [6.45, 7) is 0.743. The van der Waals surface area contributed by atoms with Gasteiger partial charge in [-0.1, -0.05) is 0 Å². The Morgan fingerprint density at radius 2 is 2.12 bits per heavy atom. The van der Waals surface area contributed by atoms with Gasteiger partial charge in [0.15, 0.2) is 5.96 Å². The van der Waals surface area contributed by atoms with E-state index in [1.54, 1.807) is 6.20 Å². The second kappa shape index (κ2) is 7.55. The minimum atomic E-state index is 0.0635. The first-order valence-electron chi connectivity index (χ1n) is 8.75. The number of aromatic amines is 1. The van der Waals surface area contributed by atoms with Gasteiger partial charge in [0.1, 0.15) is 5.65 Å². The van der Waals surface area contributed by atoms with Crippen LogP contribution in [0.5, 0.6) is 0 Å². The molecule has 0 spiro atoms. The molecule has 1 saturated carbocycles. The maximum atomic E-state index is 12.6. The molecule has 134 valence electrons. The van der Waals surface area contributed by atoms with Gasteiger partial charge in [0.2, 0.25) is 5.91 Å². The van der Waals surface area contributed by atoms with Gasteiger partial charge in [-0.05, 0) is 43.7 Å². The molecule has 1 aliphatic rings. The van der Waals surface area contributed by atoms with E-state index in [-0.39, 0.29) is 11.8 Å². The molecule has 4 N–H and O–H groups in total. The van der Waals surface area contributed by atoms with Crippen LogP contribution in [0.3, 0.4) is 0 Å². The zero-order chi connectivity index (χ0) is 17.8. The summed E-state index contributed by atoms with van der Waals surface area (Å²) in [4.78, 5) is 26.1. The third-order valence-electron chi connectivity index (χ3n) is 4.91. The number of nitrogens with two attached hydrogens (primary N) is 1. The Bertz CT molecular complexity index is 758. The number of hydrogen-bond acceptors (Lipinski definition) is 3. The molecule has 25 heavy (non-hydrogen) atoms. The van der Waals surface area contributed by atoms with Crippen LogP contribution in [0.25, 0.3) is 11.0 Å². The van der Waals surface area contributed by atoms with E-state index in [9.17, 15) is 4.79 Å². The molecule has 0 saturated heterocycles. The summed E-state index contributed by atoms with van der Waals surface area (Å²) in [5, 5.41) is 4.01. The van der Waals surface area contributed by atoms with Gasteiger partial charge in [0.05, 0.1) is 5.69 Å². The maximum absolute atomic E-state index is 12.6. The van der Waals surface area contributed by atoms with Gasteiger partial charge in [0, 0.05) is 44.3 Å². The van der Waals surface area contributed by atoms with Gasteiger partial charge in [-0.3, -0.25) is 9.79 Å². The van der Waals surface area contributed by atoms with E-state index in [1.807, 2.05) is 37.3 Å². The number of nitrogens with zero attached hydrogens (tertiary/aromatic N) is 3. The van der Waals surface area contributed by atoms with Gasteiger partial charge in [-0.15, -0.1) is 0 Å². The number of anilines is 1. The second-order valence-electron chi connectivity index (χ2n) is 6.90. The molecule has 2 aromatic rings. The fourth-order valence-corrected chi connectivity index (χ4v) is 3.28. The first-order chi connectivity index (χ1) is 12.0. The van der Waals surface area contributed by atoms with Crippen molar-refractivity contribution in [3.8, 4) is 0 Å². The van der Waals surface area contributed by atoms with Crippen LogP contribution in [0.2, 0.25) is 0 Å². The molecule has 2 aromatic heterocycles. The fraction of sp³-hybridized carbons (Fsp3) is 0.500. The lowest BCUT2D eigenvalue weighted by atomic mass is 9.81. The van der Waals surface area contributed by atoms with Crippen LogP contribution in [0, 0.1) is 11.8 Å². The van der Waals surface area contributed by atoms with Crippen molar-refractivity contribution >= 4 is 28.6 Å². The highest BCUT2D eigenvalue weighted by Crippen LogP contribution is 2.30. The van der Waals surface area contributed by atoms with Crippen molar-refractivity contribution in [2.75, 3.05) is 26.0 Å². The van der Waals surface area contributed by atoms with E-state index in [0.29, 0.717) is 11.9 Å². The van der Waals surface area contributed by atoms with Crippen molar-refractivity contribution in [1.29, 1.82) is 0 Å². The number of hydrogen-bond donors (Lipinski definition) is 3. The van der Waals surface area contributed by atoms with Crippen molar-refractivity contribution in [1.82, 2.24) is 14.9 Å². The predicted octanol–water partition coefficient (Wildman–Crippen LogP) is 2.18. The molecule has 0 aliphatic heterocycles. The fourth-order valence-electron chi connectivity index (χ4n) is 3.28. The summed E-state index contributed by atoms with van der Waals surface area (Å²) in [7, 11) is 3.78. The highest BCUT2D eigenvalue weighted by atomic mass is 16.1. The van der Waals surface area contributed by atoms with Crippen LogP contribution in [0.1, 0.15) is 25.7 Å². The highest BCUT2D eigenvalue weighted by molar-refractivity contribution is 6.00. The minimum absolute atomic E-state index is 0.0635. The van der Waals surface area contributed by atoms with Gasteiger partial charge >= 0.3 is 0 Å². The lowest BCUT2D eigenvalue weighted by molar-refractivity contribution is -0.121. The van der Waals surface area contributed by atoms with E-state index in [0.717, 1.165) is 48.9 Å². The Hall–Kier alpha value is -2.57. The zero-order valence-electron chi connectivity index (χ0n) is 14.8. The number of nitrogens with one attached hydrogen (secondary N) is 2. The molecule has 3 rings (SSSR count). The lowest BCUT2D eigenvalue weighted by Gasteiger charge is -2.27. The number of carbonyl (C=O) groups excluding carboxylic acids is 1. The standard InChI is InChI=1S/C18H26N6O/c1-24(2)18(19)22-11-12-3-5-13(6-4-12)17(25)23-15-8-10-21-16-14(15)7-9-20-16/h7-10,12-13H,3-6,11H2,1-2H3,(H2,19,22)(H2,20,21,23,25). The smallest absolute Gasteiger partial charge is 0.227 e. The van der Waals surface area contributed by atoms with Gasteiger partial charge in [0.25, 0.3) is 0 Å². The lowest BCUT2D eigenvalue weighted by Crippen LogP contribution is -2.32. The Kier molecular flexibility index (Phi) is 5.21. The summed E-state index contributed by atoms with van der Waals surface area (Å²) in [6.07, 6.45) is 7.36. The monoisotopic (exact) mass is 342 g/mol. The Labute approximate surface area is 147 Å². The molecule has 0 aromatic carbocycles. The number of pyridine rings is 1. The predicted molar refractivity (Wildman–Crippen MR) is 100 cm³/mol. The zero-order valence-corrected chi connectivity index (χ0v) is 14.8. The number of aliphatic imine (C=N–C) groups is 1.